The van der Waals surface area contributed by atoms with Crippen molar-refractivity contribution in [2.75, 3.05) is 13.2 Å². The van der Waals surface area contributed by atoms with Crippen molar-refractivity contribution < 1.29 is 17.9 Å². The molecule has 1 aromatic heterocycles. The summed E-state index contributed by atoms with van der Waals surface area (Å²) in [6.07, 6.45) is 3.44. The number of nitrogens with one attached hydrogen (secondary N) is 1. The summed E-state index contributed by atoms with van der Waals surface area (Å²) in [6.45, 7) is 3.13. The summed E-state index contributed by atoms with van der Waals surface area (Å²) in [6, 6.07) is 6.11. The first-order valence-corrected chi connectivity index (χ1v) is 8.42. The minimum Gasteiger partial charge on any atom is -0.486 e. The predicted octanol–water partition coefficient (Wildman–Crippen LogP) is 1.02. The summed E-state index contributed by atoms with van der Waals surface area (Å²) >= 11 is 0. The van der Waals surface area contributed by atoms with Gasteiger partial charge in [0.1, 0.15) is 13.2 Å². The maximum Gasteiger partial charge on any atom is 0.241 e. The molecule has 1 atom stereocenters. The normalized spacial score (nSPS) is 15.5. The number of nitrogens with zero attached hydrogens (tertiary/aromatic N) is 2. The Hall–Kier alpha value is -2.06. The fourth-order valence-electron chi connectivity index (χ4n) is 2.25. The highest BCUT2D eigenvalue weighted by Crippen LogP contribution is 2.32. The molecule has 2 heterocycles. The van der Waals surface area contributed by atoms with Gasteiger partial charge in [0.2, 0.25) is 10.0 Å². The van der Waals surface area contributed by atoms with E-state index in [9.17, 15) is 8.42 Å². The van der Waals surface area contributed by atoms with Gasteiger partial charge in [0.25, 0.3) is 0 Å². The van der Waals surface area contributed by atoms with Gasteiger partial charge in [-0.2, -0.15) is 5.10 Å². The van der Waals surface area contributed by atoms with Crippen molar-refractivity contribution >= 4 is 10.0 Å². The maximum atomic E-state index is 12.4. The lowest BCUT2D eigenvalue weighted by atomic mass is 10.3. The minimum absolute atomic E-state index is 0.157. The Kier molecular flexibility index (Phi) is 4.04. The van der Waals surface area contributed by atoms with Gasteiger partial charge in [0.15, 0.2) is 11.5 Å². The predicted molar refractivity (Wildman–Crippen MR) is 79.4 cm³/mol. The highest BCUT2D eigenvalue weighted by Gasteiger charge is 2.21. The monoisotopic (exact) mass is 323 g/mol. The molecule has 118 valence electrons. The molecule has 0 unspecified atom stereocenters. The molecule has 22 heavy (non-hydrogen) atoms. The molecule has 1 aromatic carbocycles. The summed E-state index contributed by atoms with van der Waals surface area (Å²) in [5, 5.41) is 4.06. The number of rotatable bonds is 5. The van der Waals surface area contributed by atoms with Crippen molar-refractivity contribution in [1.29, 1.82) is 0 Å². The molecule has 7 nitrogen and oxygen atoms in total. The number of ether oxygens (including phenoxy) is 2. The molecular weight excluding hydrogens is 306 g/mol. The second-order valence-electron chi connectivity index (χ2n) is 5.06. The summed E-state index contributed by atoms with van der Waals surface area (Å²) in [5.41, 5.74) is 0. The molecular formula is C14H17N3O4S. The van der Waals surface area contributed by atoms with Crippen LogP contribution < -0.4 is 14.2 Å². The van der Waals surface area contributed by atoms with Crippen molar-refractivity contribution in [3.63, 3.8) is 0 Å². The van der Waals surface area contributed by atoms with E-state index in [1.165, 1.54) is 12.1 Å². The van der Waals surface area contributed by atoms with E-state index in [1.54, 1.807) is 36.1 Å². The van der Waals surface area contributed by atoms with E-state index < -0.39 is 10.0 Å². The molecule has 0 saturated carbocycles. The van der Waals surface area contributed by atoms with Gasteiger partial charge in [0.05, 0.1) is 11.4 Å². The molecule has 0 spiro atoms. The third kappa shape index (κ3) is 3.23. The SMILES string of the molecule is C[C@H](Cn1cccn1)NS(=O)(=O)c1ccc2c(c1)OCCO2. The number of fused-ring (bicyclic) bond motifs is 1. The summed E-state index contributed by atoms with van der Waals surface area (Å²) in [5.74, 6) is 1.02. The number of benzene rings is 1. The number of hydrogen-bond donors (Lipinski definition) is 1. The molecule has 1 aliphatic heterocycles. The lowest BCUT2D eigenvalue weighted by Crippen LogP contribution is -2.35. The first-order valence-electron chi connectivity index (χ1n) is 6.94. The Morgan fingerprint density at radius 1 is 1.32 bits per heavy atom. The van der Waals surface area contributed by atoms with Gasteiger partial charge in [-0.25, -0.2) is 13.1 Å². The van der Waals surface area contributed by atoms with Crippen LogP contribution in [0.15, 0.2) is 41.6 Å². The van der Waals surface area contributed by atoms with Gasteiger partial charge in [-0.3, -0.25) is 4.68 Å². The lowest BCUT2D eigenvalue weighted by molar-refractivity contribution is 0.171. The van der Waals surface area contributed by atoms with Crippen LogP contribution in [0.5, 0.6) is 11.5 Å². The van der Waals surface area contributed by atoms with Gasteiger partial charge in [0, 0.05) is 24.5 Å². The quantitative estimate of drug-likeness (QED) is 0.888. The van der Waals surface area contributed by atoms with Crippen molar-refractivity contribution in [2.24, 2.45) is 0 Å². The topological polar surface area (TPSA) is 82.5 Å². The van der Waals surface area contributed by atoms with E-state index in [2.05, 4.69) is 9.82 Å². The first-order chi connectivity index (χ1) is 10.5. The molecule has 0 amide bonds. The number of aromatic nitrogens is 2. The Morgan fingerprint density at radius 3 is 2.82 bits per heavy atom. The molecule has 3 rings (SSSR count). The van der Waals surface area contributed by atoms with Crippen LogP contribution in [0.2, 0.25) is 0 Å². The lowest BCUT2D eigenvalue weighted by Gasteiger charge is -2.19. The van der Waals surface area contributed by atoms with E-state index in [1.807, 2.05) is 0 Å². The third-order valence-electron chi connectivity index (χ3n) is 3.20. The highest BCUT2D eigenvalue weighted by molar-refractivity contribution is 7.89. The van der Waals surface area contributed by atoms with Gasteiger partial charge in [-0.15, -0.1) is 0 Å². The van der Waals surface area contributed by atoms with E-state index >= 15 is 0 Å². The van der Waals surface area contributed by atoms with Gasteiger partial charge in [-0.1, -0.05) is 0 Å². The van der Waals surface area contributed by atoms with Crippen molar-refractivity contribution in [2.45, 2.75) is 24.4 Å². The van der Waals surface area contributed by atoms with E-state index in [0.717, 1.165) is 0 Å². The summed E-state index contributed by atoms with van der Waals surface area (Å²) in [7, 11) is -3.62. The Labute approximate surface area is 128 Å². The average molecular weight is 323 g/mol. The van der Waals surface area contributed by atoms with Crippen LogP contribution in [-0.2, 0) is 16.6 Å². The second kappa shape index (κ2) is 5.98. The molecule has 0 radical (unpaired) electrons. The molecule has 1 aliphatic rings. The molecule has 0 aliphatic carbocycles. The highest BCUT2D eigenvalue weighted by atomic mass is 32.2. The summed E-state index contributed by atoms with van der Waals surface area (Å²) in [4.78, 5) is 0.157. The fourth-order valence-corrected chi connectivity index (χ4v) is 3.50. The largest absolute Gasteiger partial charge is 0.486 e. The van der Waals surface area contributed by atoms with Crippen LogP contribution in [0.1, 0.15) is 6.92 Å². The zero-order chi connectivity index (χ0) is 15.6. The van der Waals surface area contributed by atoms with Crippen LogP contribution in [0.4, 0.5) is 0 Å². The van der Waals surface area contributed by atoms with Gasteiger partial charge < -0.3 is 9.47 Å². The van der Waals surface area contributed by atoms with Gasteiger partial charge >= 0.3 is 0 Å². The van der Waals surface area contributed by atoms with Crippen LogP contribution in [0.3, 0.4) is 0 Å². The minimum atomic E-state index is -3.62. The van der Waals surface area contributed by atoms with Crippen LogP contribution in [0, 0.1) is 0 Å². The molecule has 0 saturated heterocycles. The van der Waals surface area contributed by atoms with Crippen LogP contribution in [-0.4, -0.2) is 37.5 Å². The molecule has 8 heteroatoms. The first kappa shape index (κ1) is 14.9. The van der Waals surface area contributed by atoms with Crippen molar-refractivity contribution in [3.05, 3.63) is 36.7 Å². The molecule has 0 bridgehead atoms. The van der Waals surface area contributed by atoms with Crippen molar-refractivity contribution in [3.8, 4) is 11.5 Å². The number of hydrogen-bond acceptors (Lipinski definition) is 5. The molecule has 0 fully saturated rings. The summed E-state index contributed by atoms with van der Waals surface area (Å²) < 4.78 is 40.0. The zero-order valence-electron chi connectivity index (χ0n) is 12.1. The van der Waals surface area contributed by atoms with E-state index in [0.29, 0.717) is 31.3 Å². The van der Waals surface area contributed by atoms with E-state index in [-0.39, 0.29) is 10.9 Å². The zero-order valence-corrected chi connectivity index (χ0v) is 12.9. The Bertz CT molecular complexity index is 743. The maximum absolute atomic E-state index is 12.4. The standard InChI is InChI=1S/C14H17N3O4S/c1-11(10-17-6-2-5-15-17)16-22(18,19)12-3-4-13-14(9-12)21-8-7-20-13/h2-6,9,11,16H,7-8,10H2,1H3/t11-/m1/s1. The van der Waals surface area contributed by atoms with Crippen LogP contribution in [0.25, 0.3) is 0 Å². The molecule has 2 aromatic rings. The van der Waals surface area contributed by atoms with E-state index in [4.69, 9.17) is 9.47 Å². The second-order valence-corrected chi connectivity index (χ2v) is 6.77. The molecule has 1 N–H and O–H groups in total. The Balaban J connectivity index is 1.74. The van der Waals surface area contributed by atoms with Gasteiger partial charge in [-0.05, 0) is 25.1 Å². The van der Waals surface area contributed by atoms with Crippen molar-refractivity contribution in [1.82, 2.24) is 14.5 Å². The van der Waals surface area contributed by atoms with Crippen LogP contribution >= 0.6 is 0 Å². The Morgan fingerprint density at radius 2 is 2.09 bits per heavy atom. The smallest absolute Gasteiger partial charge is 0.241 e. The average Bonchev–Trinajstić information content (AvgIpc) is 2.99. The third-order valence-corrected chi connectivity index (χ3v) is 4.79. The fraction of sp³-hybridized carbons (Fsp3) is 0.357. The number of sulfonamides is 1.